The van der Waals surface area contributed by atoms with Crippen LogP contribution >= 0.6 is 0 Å². The van der Waals surface area contributed by atoms with E-state index < -0.39 is 71.5 Å². The summed E-state index contributed by atoms with van der Waals surface area (Å²) in [4.78, 5) is 13.0. The van der Waals surface area contributed by atoms with Crippen LogP contribution in [0.5, 0.6) is 28.7 Å². The molecule has 3 aromatic rings. The molecule has 1 saturated heterocycles. The van der Waals surface area contributed by atoms with Crippen molar-refractivity contribution in [3.05, 3.63) is 40.6 Å². The van der Waals surface area contributed by atoms with Gasteiger partial charge in [0.25, 0.3) is 0 Å². The third-order valence-electron chi connectivity index (χ3n) is 5.25. The van der Waals surface area contributed by atoms with Crippen molar-refractivity contribution < 1.29 is 54.7 Å². The molecule has 0 saturated carbocycles. The zero-order valence-electron chi connectivity index (χ0n) is 16.7. The molecule has 176 valence electrons. The van der Waals surface area contributed by atoms with E-state index in [2.05, 4.69) is 0 Å². The van der Waals surface area contributed by atoms with E-state index in [0.29, 0.717) is 0 Å². The van der Waals surface area contributed by atoms with Crippen molar-refractivity contribution in [2.75, 3.05) is 6.61 Å². The molecule has 33 heavy (non-hydrogen) atoms. The SMILES string of the molecule is O=c1c(O)c(-c2ccc(O)c(O)c2)oc2cc(O)cc(O[C@H]3O[C@@H](CO)[C@H](O)[C@H](O)[C@@H]3O)c12. The molecule has 1 aliphatic rings. The molecule has 4 rings (SSSR count). The number of fused-ring (bicyclic) bond motifs is 1. The number of aliphatic hydroxyl groups is 4. The van der Waals surface area contributed by atoms with Crippen molar-refractivity contribution in [2.45, 2.75) is 30.7 Å². The molecule has 0 bridgehead atoms. The molecule has 0 aliphatic carbocycles. The lowest BCUT2D eigenvalue weighted by Gasteiger charge is -2.39. The van der Waals surface area contributed by atoms with Crippen LogP contribution < -0.4 is 10.2 Å². The van der Waals surface area contributed by atoms with E-state index in [9.17, 15) is 45.6 Å². The van der Waals surface area contributed by atoms with E-state index in [1.165, 1.54) is 6.07 Å². The number of benzene rings is 2. The molecule has 12 nitrogen and oxygen atoms in total. The first-order valence-corrected chi connectivity index (χ1v) is 9.64. The fraction of sp³-hybridized carbons (Fsp3) is 0.286. The van der Waals surface area contributed by atoms with Crippen LogP contribution in [0.4, 0.5) is 0 Å². The Kier molecular flexibility index (Phi) is 5.78. The van der Waals surface area contributed by atoms with Crippen LogP contribution in [-0.4, -0.2) is 78.2 Å². The first-order valence-electron chi connectivity index (χ1n) is 9.64. The average Bonchev–Trinajstić information content (AvgIpc) is 2.78. The topological polar surface area (TPSA) is 211 Å². The summed E-state index contributed by atoms with van der Waals surface area (Å²) in [7, 11) is 0. The number of hydrogen-bond donors (Lipinski definition) is 8. The van der Waals surface area contributed by atoms with E-state index >= 15 is 0 Å². The van der Waals surface area contributed by atoms with Crippen molar-refractivity contribution in [1.29, 1.82) is 0 Å². The van der Waals surface area contributed by atoms with Gasteiger partial charge in [-0.3, -0.25) is 4.79 Å². The largest absolute Gasteiger partial charge is 0.508 e. The highest BCUT2D eigenvalue weighted by atomic mass is 16.7. The molecule has 0 spiro atoms. The molecule has 1 fully saturated rings. The third-order valence-corrected chi connectivity index (χ3v) is 5.25. The summed E-state index contributed by atoms with van der Waals surface area (Å²) in [5.74, 6) is -3.04. The van der Waals surface area contributed by atoms with Gasteiger partial charge >= 0.3 is 0 Å². The number of aromatic hydroxyl groups is 4. The Balaban J connectivity index is 1.81. The van der Waals surface area contributed by atoms with Gasteiger partial charge in [0, 0.05) is 17.7 Å². The summed E-state index contributed by atoms with van der Waals surface area (Å²) in [5, 5.41) is 78.7. The van der Waals surface area contributed by atoms with Gasteiger partial charge < -0.3 is 54.7 Å². The number of phenolic OH excluding ortho intramolecular Hbond substituents is 3. The summed E-state index contributed by atoms with van der Waals surface area (Å²) in [6, 6.07) is 5.47. The molecule has 5 atom stereocenters. The molecule has 1 aliphatic heterocycles. The maximum Gasteiger partial charge on any atom is 0.238 e. The van der Waals surface area contributed by atoms with Crippen molar-refractivity contribution in [1.82, 2.24) is 0 Å². The van der Waals surface area contributed by atoms with Crippen LogP contribution in [0.15, 0.2) is 39.5 Å². The van der Waals surface area contributed by atoms with Crippen molar-refractivity contribution in [2.24, 2.45) is 0 Å². The first-order chi connectivity index (χ1) is 15.6. The minimum absolute atomic E-state index is 0.0431. The molecule has 1 aromatic heterocycles. The zero-order valence-corrected chi connectivity index (χ0v) is 16.7. The van der Waals surface area contributed by atoms with Gasteiger partial charge in [-0.1, -0.05) is 0 Å². The van der Waals surface area contributed by atoms with Crippen LogP contribution in [0.25, 0.3) is 22.3 Å². The van der Waals surface area contributed by atoms with Gasteiger partial charge in [-0.25, -0.2) is 0 Å². The lowest BCUT2D eigenvalue weighted by Crippen LogP contribution is -2.60. The maximum absolute atomic E-state index is 13.0. The van der Waals surface area contributed by atoms with Crippen molar-refractivity contribution in [3.63, 3.8) is 0 Å². The van der Waals surface area contributed by atoms with Crippen molar-refractivity contribution >= 4 is 11.0 Å². The van der Waals surface area contributed by atoms with Crippen LogP contribution in [0.3, 0.4) is 0 Å². The normalized spacial score (nSPS) is 25.3. The Morgan fingerprint density at radius 1 is 0.909 bits per heavy atom. The minimum atomic E-state index is -1.79. The average molecular weight is 464 g/mol. The third kappa shape index (κ3) is 3.90. The Morgan fingerprint density at radius 2 is 1.64 bits per heavy atom. The predicted molar refractivity (Wildman–Crippen MR) is 109 cm³/mol. The smallest absolute Gasteiger partial charge is 0.238 e. The van der Waals surface area contributed by atoms with E-state index in [0.717, 1.165) is 24.3 Å². The molecule has 2 aromatic carbocycles. The van der Waals surface area contributed by atoms with Gasteiger partial charge in [-0.15, -0.1) is 0 Å². The minimum Gasteiger partial charge on any atom is -0.508 e. The predicted octanol–water partition coefficient (Wildman–Crippen LogP) is -0.539. The monoisotopic (exact) mass is 464 g/mol. The van der Waals surface area contributed by atoms with E-state index in [4.69, 9.17) is 13.9 Å². The summed E-state index contributed by atoms with van der Waals surface area (Å²) >= 11 is 0. The first kappa shape index (κ1) is 22.6. The standard InChI is InChI=1S/C21H20O12/c22-6-13-15(26)17(28)19(30)21(33-13)32-12-5-8(23)4-11-14(12)16(27)18(29)20(31-11)7-1-2-9(24)10(25)3-7/h1-5,13,15,17,19,21-26,28-30H,6H2/t13-,15-,17-,19-,21-/m0/s1. The Hall–Kier alpha value is -3.55. The number of ether oxygens (including phenoxy) is 2. The molecule has 0 amide bonds. The van der Waals surface area contributed by atoms with Gasteiger partial charge in [0.1, 0.15) is 46.9 Å². The molecule has 0 radical (unpaired) electrons. The lowest BCUT2D eigenvalue weighted by molar-refractivity contribution is -0.277. The van der Waals surface area contributed by atoms with Gasteiger partial charge in [-0.2, -0.15) is 0 Å². The second-order valence-electron chi connectivity index (χ2n) is 7.44. The Morgan fingerprint density at radius 3 is 2.30 bits per heavy atom. The summed E-state index contributed by atoms with van der Waals surface area (Å²) in [6.07, 6.45) is -8.12. The van der Waals surface area contributed by atoms with Crippen LogP contribution in [-0.2, 0) is 4.74 Å². The molecule has 0 unspecified atom stereocenters. The quantitative estimate of drug-likeness (QED) is 0.229. The van der Waals surface area contributed by atoms with E-state index in [1.807, 2.05) is 0 Å². The number of hydrogen-bond acceptors (Lipinski definition) is 12. The Bertz CT molecular complexity index is 1250. The summed E-state index contributed by atoms with van der Waals surface area (Å²) in [5.41, 5.74) is -1.21. The summed E-state index contributed by atoms with van der Waals surface area (Å²) < 4.78 is 16.3. The number of phenols is 3. The molecular formula is C21H20O12. The lowest BCUT2D eigenvalue weighted by atomic mass is 9.99. The van der Waals surface area contributed by atoms with Crippen LogP contribution in [0.2, 0.25) is 0 Å². The highest BCUT2D eigenvalue weighted by molar-refractivity contribution is 5.88. The van der Waals surface area contributed by atoms with Crippen LogP contribution in [0, 0.1) is 0 Å². The van der Waals surface area contributed by atoms with E-state index in [-0.39, 0.29) is 22.3 Å². The van der Waals surface area contributed by atoms with Crippen molar-refractivity contribution in [3.8, 4) is 40.1 Å². The van der Waals surface area contributed by atoms with Gasteiger partial charge in [-0.05, 0) is 18.2 Å². The molecular weight excluding hydrogens is 444 g/mol. The molecule has 8 N–H and O–H groups in total. The second kappa shape index (κ2) is 8.42. The van der Waals surface area contributed by atoms with E-state index in [1.54, 1.807) is 0 Å². The number of rotatable bonds is 4. The Labute approximate surface area is 184 Å². The molecule has 12 heteroatoms. The second-order valence-corrected chi connectivity index (χ2v) is 7.44. The highest BCUT2D eigenvalue weighted by Gasteiger charge is 2.45. The zero-order chi connectivity index (χ0) is 24.0. The van der Waals surface area contributed by atoms with Gasteiger partial charge in [0.2, 0.25) is 17.5 Å². The van der Waals surface area contributed by atoms with Crippen LogP contribution in [0.1, 0.15) is 0 Å². The van der Waals surface area contributed by atoms with Gasteiger partial charge in [0.15, 0.2) is 17.3 Å². The maximum atomic E-state index is 13.0. The fourth-order valence-corrected chi connectivity index (χ4v) is 3.50. The highest BCUT2D eigenvalue weighted by Crippen LogP contribution is 2.38. The fourth-order valence-electron chi connectivity index (χ4n) is 3.50. The summed E-state index contributed by atoms with van der Waals surface area (Å²) in [6.45, 7) is -0.711. The molecule has 2 heterocycles. The number of aliphatic hydroxyl groups excluding tert-OH is 4. The van der Waals surface area contributed by atoms with Gasteiger partial charge in [0.05, 0.1) is 6.61 Å².